The first-order valence-electron chi connectivity index (χ1n) is 6.32. The van der Waals surface area contributed by atoms with E-state index in [0.717, 1.165) is 0 Å². The van der Waals surface area contributed by atoms with Gasteiger partial charge in [0, 0.05) is 0 Å². The molecule has 0 saturated carbocycles. The zero-order valence-corrected chi connectivity index (χ0v) is 11.9. The van der Waals surface area contributed by atoms with E-state index < -0.39 is 24.9 Å². The summed E-state index contributed by atoms with van der Waals surface area (Å²) in [5.74, 6) is -0.0767. The number of ether oxygens (including phenoxy) is 1. The van der Waals surface area contributed by atoms with Gasteiger partial charge in [-0.1, -0.05) is 6.07 Å². The van der Waals surface area contributed by atoms with Gasteiger partial charge in [0.05, 0.1) is 16.9 Å². The second-order valence-corrected chi connectivity index (χ2v) is 5.76. The molecule has 1 aliphatic heterocycles. The van der Waals surface area contributed by atoms with Crippen LogP contribution in [0.25, 0.3) is 0 Å². The Morgan fingerprint density at radius 1 is 1.15 bits per heavy atom. The third-order valence-electron chi connectivity index (χ3n) is 3.78. The van der Waals surface area contributed by atoms with E-state index in [2.05, 4.69) is 4.74 Å². The Morgan fingerprint density at radius 2 is 1.70 bits per heavy atom. The molecule has 0 aliphatic carbocycles. The molecular weight excluding hydrogens is 267 g/mol. The van der Waals surface area contributed by atoms with Crippen LogP contribution < -0.4 is 15.9 Å². The number of alkyl halides is 2. The van der Waals surface area contributed by atoms with Crippen LogP contribution in [0.5, 0.6) is 5.75 Å². The van der Waals surface area contributed by atoms with Gasteiger partial charge < -0.3 is 19.8 Å². The van der Waals surface area contributed by atoms with Crippen molar-refractivity contribution < 1.29 is 22.8 Å². The molecule has 1 aromatic rings. The van der Waals surface area contributed by atoms with Gasteiger partial charge in [-0.05, 0) is 45.3 Å². The average molecular weight is 285 g/mol. The number of nitrogen functional groups attached to an aromatic ring is 1. The summed E-state index contributed by atoms with van der Waals surface area (Å²) in [5.41, 5.74) is 5.34. The summed E-state index contributed by atoms with van der Waals surface area (Å²) in [7, 11) is -0.638. The first kappa shape index (κ1) is 15.1. The number of hydrogen-bond donors (Lipinski definition) is 1. The minimum Gasteiger partial charge on any atom is -0.433 e. The second kappa shape index (κ2) is 4.89. The van der Waals surface area contributed by atoms with E-state index in [1.807, 2.05) is 27.7 Å². The summed E-state index contributed by atoms with van der Waals surface area (Å²) >= 11 is 0. The van der Waals surface area contributed by atoms with Crippen molar-refractivity contribution in [2.45, 2.75) is 45.5 Å². The Labute approximate surface area is 117 Å². The van der Waals surface area contributed by atoms with Crippen LogP contribution in [-0.4, -0.2) is 24.9 Å². The number of anilines is 1. The summed E-state index contributed by atoms with van der Waals surface area (Å²) in [6.07, 6.45) is 0. The van der Waals surface area contributed by atoms with Crippen LogP contribution in [-0.2, 0) is 9.31 Å². The van der Waals surface area contributed by atoms with Gasteiger partial charge in [-0.25, -0.2) is 0 Å². The highest BCUT2D eigenvalue weighted by molar-refractivity contribution is 6.62. The zero-order chi connectivity index (χ0) is 15.1. The van der Waals surface area contributed by atoms with Crippen LogP contribution in [0.2, 0.25) is 0 Å². The average Bonchev–Trinajstić information content (AvgIpc) is 2.50. The molecule has 7 heteroatoms. The minimum atomic E-state index is -2.93. The van der Waals surface area contributed by atoms with Crippen molar-refractivity contribution in [1.82, 2.24) is 0 Å². The molecule has 0 bridgehead atoms. The first-order valence-corrected chi connectivity index (χ1v) is 6.32. The maximum absolute atomic E-state index is 12.3. The van der Waals surface area contributed by atoms with Crippen molar-refractivity contribution in [2.24, 2.45) is 0 Å². The minimum absolute atomic E-state index is 0.0767. The molecule has 1 aromatic carbocycles. The largest absolute Gasteiger partial charge is 0.494 e. The van der Waals surface area contributed by atoms with Crippen LogP contribution in [0.4, 0.5) is 14.5 Å². The Balaban J connectivity index is 2.27. The molecule has 2 N–H and O–H groups in total. The molecule has 1 heterocycles. The number of hydrogen-bond acceptors (Lipinski definition) is 4. The summed E-state index contributed by atoms with van der Waals surface area (Å²) in [6, 6.07) is 4.59. The van der Waals surface area contributed by atoms with Gasteiger partial charge in [-0.3, -0.25) is 0 Å². The van der Waals surface area contributed by atoms with Gasteiger partial charge in [-0.15, -0.1) is 0 Å². The number of nitrogens with two attached hydrogens (primary N) is 1. The third-order valence-corrected chi connectivity index (χ3v) is 3.78. The quantitative estimate of drug-likeness (QED) is 0.683. The summed E-state index contributed by atoms with van der Waals surface area (Å²) in [5, 5.41) is 0. The fraction of sp³-hybridized carbons (Fsp3) is 0.538. The van der Waals surface area contributed by atoms with E-state index in [1.165, 1.54) is 12.1 Å². The van der Waals surface area contributed by atoms with Crippen molar-refractivity contribution in [3.63, 3.8) is 0 Å². The van der Waals surface area contributed by atoms with E-state index in [0.29, 0.717) is 5.46 Å². The van der Waals surface area contributed by atoms with E-state index in [1.54, 1.807) is 6.07 Å². The lowest BCUT2D eigenvalue weighted by atomic mass is 9.79. The molecule has 4 nitrogen and oxygen atoms in total. The van der Waals surface area contributed by atoms with E-state index in [9.17, 15) is 8.78 Å². The standard InChI is InChI=1S/C13H18BF2NO3/c1-12(2)13(3,4)20-14(19-12)8-5-6-9(17)10(7-8)18-11(15)16/h5-7,11H,17H2,1-4H3. The normalized spacial score (nSPS) is 20.4. The molecule has 1 fully saturated rings. The summed E-state index contributed by atoms with van der Waals surface area (Å²) in [6.45, 7) is 4.74. The van der Waals surface area contributed by atoms with Crippen LogP contribution in [0.3, 0.4) is 0 Å². The van der Waals surface area contributed by atoms with Crippen molar-refractivity contribution in [1.29, 1.82) is 0 Å². The maximum Gasteiger partial charge on any atom is 0.494 e. The SMILES string of the molecule is CC1(C)OB(c2ccc(N)c(OC(F)F)c2)OC1(C)C. The lowest BCUT2D eigenvalue weighted by Gasteiger charge is -2.32. The molecule has 0 atom stereocenters. The van der Waals surface area contributed by atoms with Gasteiger partial charge in [0.15, 0.2) is 0 Å². The van der Waals surface area contributed by atoms with Crippen molar-refractivity contribution in [3.05, 3.63) is 18.2 Å². The van der Waals surface area contributed by atoms with Gasteiger partial charge >= 0.3 is 13.7 Å². The molecule has 1 aliphatic rings. The first-order chi connectivity index (χ1) is 9.12. The number of rotatable bonds is 3. The van der Waals surface area contributed by atoms with Gasteiger partial charge in [0.25, 0.3) is 0 Å². The topological polar surface area (TPSA) is 53.7 Å². The fourth-order valence-electron chi connectivity index (χ4n) is 1.87. The lowest BCUT2D eigenvalue weighted by molar-refractivity contribution is -0.0492. The van der Waals surface area contributed by atoms with E-state index in [-0.39, 0.29) is 11.4 Å². The summed E-state index contributed by atoms with van der Waals surface area (Å²) < 4.78 is 40.7. The smallest absolute Gasteiger partial charge is 0.433 e. The number of halogens is 2. The molecule has 0 amide bonds. The molecule has 2 rings (SSSR count). The van der Waals surface area contributed by atoms with E-state index in [4.69, 9.17) is 15.0 Å². The molecule has 1 saturated heterocycles. The highest BCUT2D eigenvalue weighted by atomic mass is 19.3. The van der Waals surface area contributed by atoms with Crippen molar-refractivity contribution >= 4 is 18.3 Å². The predicted molar refractivity (Wildman–Crippen MR) is 73.2 cm³/mol. The Kier molecular flexibility index (Phi) is 3.68. The fourth-order valence-corrected chi connectivity index (χ4v) is 1.87. The Bertz CT molecular complexity index is 492. The predicted octanol–water partition coefficient (Wildman–Crippen LogP) is 2.17. The van der Waals surface area contributed by atoms with Gasteiger partial charge in [0.2, 0.25) is 0 Å². The third kappa shape index (κ3) is 2.74. The van der Waals surface area contributed by atoms with Crippen LogP contribution in [0, 0.1) is 0 Å². The lowest BCUT2D eigenvalue weighted by Crippen LogP contribution is -2.41. The molecule has 110 valence electrons. The summed E-state index contributed by atoms with van der Waals surface area (Å²) in [4.78, 5) is 0. The zero-order valence-electron chi connectivity index (χ0n) is 11.9. The van der Waals surface area contributed by atoms with Crippen LogP contribution >= 0.6 is 0 Å². The monoisotopic (exact) mass is 285 g/mol. The Morgan fingerprint density at radius 3 is 2.20 bits per heavy atom. The van der Waals surface area contributed by atoms with Gasteiger partial charge in [0.1, 0.15) is 5.75 Å². The molecule has 0 spiro atoms. The molecule has 0 unspecified atom stereocenters. The molecule has 0 radical (unpaired) electrons. The van der Waals surface area contributed by atoms with Crippen LogP contribution in [0.15, 0.2) is 18.2 Å². The molecular formula is C13H18BF2NO3. The highest BCUT2D eigenvalue weighted by Gasteiger charge is 2.51. The molecule has 20 heavy (non-hydrogen) atoms. The Hall–Kier alpha value is -1.34. The highest BCUT2D eigenvalue weighted by Crippen LogP contribution is 2.36. The second-order valence-electron chi connectivity index (χ2n) is 5.76. The van der Waals surface area contributed by atoms with Gasteiger partial charge in [-0.2, -0.15) is 8.78 Å². The van der Waals surface area contributed by atoms with Crippen LogP contribution in [0.1, 0.15) is 27.7 Å². The van der Waals surface area contributed by atoms with Crippen molar-refractivity contribution in [3.8, 4) is 5.75 Å². The van der Waals surface area contributed by atoms with E-state index >= 15 is 0 Å². The molecule has 0 aromatic heterocycles. The number of benzene rings is 1. The maximum atomic E-state index is 12.3. The van der Waals surface area contributed by atoms with Crippen molar-refractivity contribution in [2.75, 3.05) is 5.73 Å².